The molecule has 0 spiro atoms. The summed E-state index contributed by atoms with van der Waals surface area (Å²) in [6.45, 7) is 2.27. The smallest absolute Gasteiger partial charge is 0.259 e. The maximum absolute atomic E-state index is 12.8. The molecule has 0 aromatic heterocycles. The monoisotopic (exact) mass is 303 g/mol. The lowest BCUT2D eigenvalue weighted by atomic mass is 10.1. The number of nitrogens with zero attached hydrogens (tertiary/aromatic N) is 1. The van der Waals surface area contributed by atoms with Crippen molar-refractivity contribution in [3.8, 4) is 0 Å². The second kappa shape index (κ2) is 6.44. The number of anilines is 1. The van der Waals surface area contributed by atoms with Crippen molar-refractivity contribution < 1.29 is 9.59 Å². The number of amides is 1. The third-order valence-corrected chi connectivity index (χ3v) is 3.76. The van der Waals surface area contributed by atoms with Gasteiger partial charge in [0.2, 0.25) is 0 Å². The molecule has 1 amide bonds. The minimum atomic E-state index is -0.174. The Morgan fingerprint density at radius 3 is 2.48 bits per heavy atom. The number of carbonyl (C=O) groups is 2. The Hall–Kier alpha value is -2.94. The van der Waals surface area contributed by atoms with Gasteiger partial charge in [0.1, 0.15) is 0 Å². The first-order valence-electron chi connectivity index (χ1n) is 7.54. The van der Waals surface area contributed by atoms with Crippen LogP contribution >= 0.6 is 0 Å². The highest BCUT2D eigenvalue weighted by Crippen LogP contribution is 2.37. The molecular weight excluding hydrogens is 286 g/mol. The number of carbonyl (C=O) groups excluding carboxylic acids is 2. The third-order valence-electron chi connectivity index (χ3n) is 3.76. The van der Waals surface area contributed by atoms with E-state index in [2.05, 4.69) is 0 Å². The van der Waals surface area contributed by atoms with Crippen molar-refractivity contribution in [1.29, 1.82) is 0 Å². The summed E-state index contributed by atoms with van der Waals surface area (Å²) in [7, 11) is 0. The van der Waals surface area contributed by atoms with Crippen molar-refractivity contribution in [1.82, 2.24) is 0 Å². The van der Waals surface area contributed by atoms with Crippen LogP contribution in [0.5, 0.6) is 0 Å². The number of para-hydroxylation sites is 1. The quantitative estimate of drug-likeness (QED) is 0.806. The Morgan fingerprint density at radius 1 is 1.04 bits per heavy atom. The Labute approximate surface area is 135 Å². The van der Waals surface area contributed by atoms with Crippen LogP contribution in [-0.4, -0.2) is 11.7 Å². The molecule has 3 heteroatoms. The molecular formula is C20H17NO2. The van der Waals surface area contributed by atoms with E-state index in [0.29, 0.717) is 12.1 Å². The molecule has 0 radical (unpaired) electrons. The summed E-state index contributed by atoms with van der Waals surface area (Å²) >= 11 is 0. The Bertz CT molecular complexity index is 803. The van der Waals surface area contributed by atoms with Gasteiger partial charge in [-0.2, -0.15) is 0 Å². The van der Waals surface area contributed by atoms with Gasteiger partial charge in [0, 0.05) is 5.56 Å². The second-order valence-electron chi connectivity index (χ2n) is 5.35. The summed E-state index contributed by atoms with van der Waals surface area (Å²) < 4.78 is 0. The first kappa shape index (κ1) is 15.0. The molecule has 1 aliphatic heterocycles. The Balaban J connectivity index is 2.00. The van der Waals surface area contributed by atoms with Gasteiger partial charge < -0.3 is 4.90 Å². The highest BCUT2D eigenvalue weighted by Gasteiger charge is 2.32. The number of hydrogen-bond acceptors (Lipinski definition) is 2. The lowest BCUT2D eigenvalue weighted by Crippen LogP contribution is -2.25. The molecule has 2 aromatic carbocycles. The van der Waals surface area contributed by atoms with E-state index in [0.717, 1.165) is 16.8 Å². The van der Waals surface area contributed by atoms with Crippen LogP contribution in [0.4, 0.5) is 5.69 Å². The largest absolute Gasteiger partial charge is 0.303 e. The SMILES string of the molecule is C/C=C/C(=O)/C=C1\C(=O)N(Cc2ccccc2)c2ccccc21. The van der Waals surface area contributed by atoms with Crippen LogP contribution in [0.25, 0.3) is 5.57 Å². The maximum atomic E-state index is 12.8. The molecule has 23 heavy (non-hydrogen) atoms. The molecule has 0 saturated carbocycles. The van der Waals surface area contributed by atoms with Crippen molar-refractivity contribution in [3.63, 3.8) is 0 Å². The van der Waals surface area contributed by atoms with E-state index >= 15 is 0 Å². The van der Waals surface area contributed by atoms with Gasteiger partial charge in [0.15, 0.2) is 5.78 Å². The summed E-state index contributed by atoms with van der Waals surface area (Å²) in [5.41, 5.74) is 3.17. The molecule has 0 saturated heterocycles. The standard InChI is InChI=1S/C20H17NO2/c1-2-8-16(22)13-18-17-11-6-7-12-19(17)21(20(18)23)14-15-9-4-3-5-10-15/h2-13H,14H2,1H3/b8-2+,18-13-. The third kappa shape index (κ3) is 2.99. The minimum Gasteiger partial charge on any atom is -0.303 e. The van der Waals surface area contributed by atoms with Crippen LogP contribution in [0.15, 0.2) is 72.8 Å². The molecule has 3 nitrogen and oxygen atoms in total. The van der Waals surface area contributed by atoms with E-state index < -0.39 is 0 Å². The lowest BCUT2D eigenvalue weighted by Gasteiger charge is -2.17. The van der Waals surface area contributed by atoms with Crippen LogP contribution in [0.3, 0.4) is 0 Å². The first-order chi connectivity index (χ1) is 11.2. The van der Waals surface area contributed by atoms with E-state index in [9.17, 15) is 9.59 Å². The molecule has 0 atom stereocenters. The average Bonchev–Trinajstić information content (AvgIpc) is 2.82. The number of hydrogen-bond donors (Lipinski definition) is 0. The zero-order chi connectivity index (χ0) is 16.2. The maximum Gasteiger partial charge on any atom is 0.259 e. The molecule has 0 N–H and O–H groups in total. The predicted molar refractivity (Wildman–Crippen MR) is 91.9 cm³/mol. The summed E-state index contributed by atoms with van der Waals surface area (Å²) in [5.74, 6) is -0.305. The highest BCUT2D eigenvalue weighted by atomic mass is 16.2. The minimum absolute atomic E-state index is 0.132. The van der Waals surface area contributed by atoms with Gasteiger partial charge in [-0.3, -0.25) is 9.59 Å². The fraction of sp³-hybridized carbons (Fsp3) is 0.100. The van der Waals surface area contributed by atoms with Crippen molar-refractivity contribution in [2.24, 2.45) is 0 Å². The van der Waals surface area contributed by atoms with Crippen LogP contribution in [-0.2, 0) is 16.1 Å². The van der Waals surface area contributed by atoms with Gasteiger partial charge in [-0.15, -0.1) is 0 Å². The molecule has 1 heterocycles. The number of ketones is 1. The molecule has 0 unspecified atom stereocenters. The fourth-order valence-corrected chi connectivity index (χ4v) is 2.72. The molecule has 114 valence electrons. The number of allylic oxidation sites excluding steroid dienone is 3. The van der Waals surface area contributed by atoms with Gasteiger partial charge in [-0.1, -0.05) is 54.6 Å². The molecule has 1 aliphatic rings. The summed E-state index contributed by atoms with van der Waals surface area (Å²) in [6, 6.07) is 17.4. The van der Waals surface area contributed by atoms with Gasteiger partial charge in [-0.05, 0) is 30.7 Å². The molecule has 0 fully saturated rings. The van der Waals surface area contributed by atoms with E-state index in [1.807, 2.05) is 54.6 Å². The lowest BCUT2D eigenvalue weighted by molar-refractivity contribution is -0.114. The van der Waals surface area contributed by atoms with E-state index in [1.54, 1.807) is 17.9 Å². The normalized spacial score (nSPS) is 15.4. The zero-order valence-corrected chi connectivity index (χ0v) is 12.9. The molecule has 0 bridgehead atoms. The molecule has 3 rings (SSSR count). The van der Waals surface area contributed by atoms with Crippen LogP contribution in [0, 0.1) is 0 Å². The van der Waals surface area contributed by atoms with E-state index in [-0.39, 0.29) is 11.7 Å². The Morgan fingerprint density at radius 2 is 1.74 bits per heavy atom. The van der Waals surface area contributed by atoms with Gasteiger partial charge >= 0.3 is 0 Å². The van der Waals surface area contributed by atoms with Crippen molar-refractivity contribution >= 4 is 23.0 Å². The Kier molecular flexibility index (Phi) is 4.20. The fourth-order valence-electron chi connectivity index (χ4n) is 2.72. The second-order valence-corrected chi connectivity index (χ2v) is 5.35. The van der Waals surface area contributed by atoms with Crippen molar-refractivity contribution in [3.05, 3.63) is 84.0 Å². The van der Waals surface area contributed by atoms with Crippen LogP contribution < -0.4 is 4.90 Å². The molecule has 2 aromatic rings. The average molecular weight is 303 g/mol. The first-order valence-corrected chi connectivity index (χ1v) is 7.54. The van der Waals surface area contributed by atoms with Gasteiger partial charge in [0.25, 0.3) is 5.91 Å². The number of rotatable bonds is 4. The number of fused-ring (bicyclic) bond motifs is 1. The van der Waals surface area contributed by atoms with Gasteiger partial charge in [0.05, 0.1) is 17.8 Å². The van der Waals surface area contributed by atoms with E-state index in [1.165, 1.54) is 12.2 Å². The number of benzene rings is 2. The van der Waals surface area contributed by atoms with Crippen molar-refractivity contribution in [2.45, 2.75) is 13.5 Å². The van der Waals surface area contributed by atoms with Gasteiger partial charge in [-0.25, -0.2) is 0 Å². The zero-order valence-electron chi connectivity index (χ0n) is 12.9. The summed E-state index contributed by atoms with van der Waals surface area (Å²) in [6.07, 6.45) is 4.56. The van der Waals surface area contributed by atoms with E-state index in [4.69, 9.17) is 0 Å². The predicted octanol–water partition coefficient (Wildman–Crippen LogP) is 3.76. The molecule has 0 aliphatic carbocycles. The van der Waals surface area contributed by atoms with Crippen LogP contribution in [0.2, 0.25) is 0 Å². The topological polar surface area (TPSA) is 37.4 Å². The highest BCUT2D eigenvalue weighted by molar-refractivity contribution is 6.35. The van der Waals surface area contributed by atoms with Crippen molar-refractivity contribution in [2.75, 3.05) is 4.90 Å². The van der Waals surface area contributed by atoms with Crippen LogP contribution in [0.1, 0.15) is 18.1 Å². The summed E-state index contributed by atoms with van der Waals surface area (Å²) in [5, 5.41) is 0. The summed E-state index contributed by atoms with van der Waals surface area (Å²) in [4.78, 5) is 26.4.